The second kappa shape index (κ2) is 10.8. The molecule has 0 spiro atoms. The van der Waals surface area contributed by atoms with Crippen LogP contribution in [-0.2, 0) is 0 Å². The lowest BCUT2D eigenvalue weighted by molar-refractivity contribution is 0.130. The topological polar surface area (TPSA) is 52.7 Å². The number of benzene rings is 2. The van der Waals surface area contributed by atoms with Crippen LogP contribution < -0.4 is 5.73 Å². The van der Waals surface area contributed by atoms with Gasteiger partial charge in [-0.05, 0) is 66.3 Å². The van der Waals surface area contributed by atoms with Crippen molar-refractivity contribution in [1.29, 1.82) is 0 Å². The van der Waals surface area contributed by atoms with Gasteiger partial charge >= 0.3 is 0 Å². The molecule has 3 N–H and O–H groups in total. The highest BCUT2D eigenvalue weighted by atomic mass is 16.2. The zero-order chi connectivity index (χ0) is 22.3. The molecule has 1 unspecified atom stereocenters. The molecule has 2 aliphatic rings. The Hall–Kier alpha value is -2.66. The molecule has 0 radical (unpaired) electrons. The zero-order valence-corrected chi connectivity index (χ0v) is 19.1. The molecule has 0 amide bonds. The van der Waals surface area contributed by atoms with E-state index in [0.717, 1.165) is 51.1 Å². The van der Waals surface area contributed by atoms with Crippen molar-refractivity contribution >= 4 is 16.8 Å². The van der Waals surface area contributed by atoms with Crippen LogP contribution in [0, 0.1) is 0 Å². The van der Waals surface area contributed by atoms with E-state index in [1.807, 2.05) is 12.1 Å². The maximum absolute atomic E-state index is 9.58. The van der Waals surface area contributed by atoms with Crippen LogP contribution in [0.4, 0.5) is 5.69 Å². The van der Waals surface area contributed by atoms with Crippen molar-refractivity contribution in [3.63, 3.8) is 0 Å². The second-order valence-electron chi connectivity index (χ2n) is 8.83. The first kappa shape index (κ1) is 22.5. The van der Waals surface area contributed by atoms with Crippen LogP contribution in [0.25, 0.3) is 11.1 Å². The Labute approximate surface area is 192 Å². The number of hydrogen-bond donors (Lipinski definition) is 2. The molecule has 1 atom stereocenters. The number of nitrogens with two attached hydrogens (primary N) is 1. The van der Waals surface area contributed by atoms with Gasteiger partial charge in [0.2, 0.25) is 0 Å². The zero-order valence-electron chi connectivity index (χ0n) is 19.1. The normalized spacial score (nSPS) is 20.7. The number of aliphatic hydroxyl groups is 1. The summed E-state index contributed by atoms with van der Waals surface area (Å²) in [7, 11) is 2.20. The fourth-order valence-electron chi connectivity index (χ4n) is 4.69. The molecule has 4 nitrogen and oxygen atoms in total. The lowest BCUT2D eigenvalue weighted by atomic mass is 9.84. The van der Waals surface area contributed by atoms with Gasteiger partial charge in [-0.25, -0.2) is 0 Å². The van der Waals surface area contributed by atoms with Crippen molar-refractivity contribution in [3.05, 3.63) is 89.5 Å². The third-order valence-electron chi connectivity index (χ3n) is 6.58. The Bertz CT molecular complexity index is 967. The Morgan fingerprint density at radius 1 is 0.969 bits per heavy atom. The van der Waals surface area contributed by atoms with Crippen LogP contribution in [-0.4, -0.2) is 60.8 Å². The number of nitrogen functional groups attached to an aromatic ring is 1. The van der Waals surface area contributed by atoms with Crippen LogP contribution in [0.2, 0.25) is 0 Å². The number of rotatable bonds is 7. The quantitative estimate of drug-likeness (QED) is 0.504. The molecule has 1 fully saturated rings. The van der Waals surface area contributed by atoms with E-state index in [2.05, 4.69) is 77.5 Å². The molecule has 1 aliphatic heterocycles. The van der Waals surface area contributed by atoms with Crippen LogP contribution in [0.15, 0.2) is 78.4 Å². The highest BCUT2D eigenvalue weighted by Crippen LogP contribution is 2.37. The van der Waals surface area contributed by atoms with E-state index in [1.165, 1.54) is 27.8 Å². The highest BCUT2D eigenvalue weighted by molar-refractivity contribution is 6.00. The number of hydrogen-bond acceptors (Lipinski definition) is 4. The second-order valence-corrected chi connectivity index (χ2v) is 8.83. The smallest absolute Gasteiger partial charge is 0.0434 e. The molecule has 1 saturated heterocycles. The number of nitrogens with zero attached hydrogens (tertiary/aromatic N) is 2. The summed E-state index contributed by atoms with van der Waals surface area (Å²) in [6.07, 6.45) is 9.68. The van der Waals surface area contributed by atoms with Gasteiger partial charge in [0.25, 0.3) is 0 Å². The third-order valence-corrected chi connectivity index (χ3v) is 6.58. The van der Waals surface area contributed by atoms with Crippen LogP contribution >= 0.6 is 0 Å². The summed E-state index contributed by atoms with van der Waals surface area (Å²) in [5.41, 5.74) is 12.9. The molecule has 1 heterocycles. The van der Waals surface area contributed by atoms with E-state index in [-0.39, 0.29) is 6.61 Å². The molecule has 4 rings (SSSR count). The summed E-state index contributed by atoms with van der Waals surface area (Å²) >= 11 is 0. The van der Waals surface area contributed by atoms with E-state index in [1.54, 1.807) is 0 Å². The van der Waals surface area contributed by atoms with Crippen molar-refractivity contribution in [1.82, 2.24) is 9.80 Å². The van der Waals surface area contributed by atoms with Gasteiger partial charge in [0.15, 0.2) is 0 Å². The first-order valence-electron chi connectivity index (χ1n) is 11.7. The van der Waals surface area contributed by atoms with Gasteiger partial charge in [-0.15, -0.1) is 0 Å². The molecule has 0 bridgehead atoms. The predicted molar refractivity (Wildman–Crippen MR) is 135 cm³/mol. The molecule has 32 heavy (non-hydrogen) atoms. The predicted octanol–water partition coefficient (Wildman–Crippen LogP) is 4.45. The van der Waals surface area contributed by atoms with Crippen molar-refractivity contribution < 1.29 is 5.11 Å². The Balaban J connectivity index is 1.71. The van der Waals surface area contributed by atoms with Gasteiger partial charge in [0.05, 0.1) is 0 Å². The van der Waals surface area contributed by atoms with E-state index >= 15 is 0 Å². The summed E-state index contributed by atoms with van der Waals surface area (Å²) in [5.74, 6) is 0. The van der Waals surface area contributed by atoms with E-state index in [4.69, 9.17) is 5.73 Å². The van der Waals surface area contributed by atoms with Gasteiger partial charge in [-0.2, -0.15) is 0 Å². The summed E-state index contributed by atoms with van der Waals surface area (Å²) in [5, 5.41) is 9.58. The SMILES string of the molecule is CN1CCN(C2C=CC(/C(=C(/CCCO)c3ccccc3)c3ccc(N)cc3)=CC2)CC1. The molecule has 1 aliphatic carbocycles. The average Bonchev–Trinajstić information content (AvgIpc) is 2.84. The van der Waals surface area contributed by atoms with E-state index in [0.29, 0.717) is 6.04 Å². The lowest BCUT2D eigenvalue weighted by Gasteiger charge is -2.37. The Kier molecular flexibility index (Phi) is 7.59. The van der Waals surface area contributed by atoms with Gasteiger partial charge in [-0.1, -0.05) is 60.7 Å². The standard InChI is InChI=1S/C28H35N3O/c1-30-17-19-31(20-18-30)26-15-11-24(12-16-26)28(23-9-13-25(29)14-10-23)27(8-5-21-32)22-6-3-2-4-7-22/h2-4,6-7,9-15,26,32H,5,8,16-21,29H2,1H3/b28-27-. The van der Waals surface area contributed by atoms with Gasteiger partial charge in [-0.3, -0.25) is 4.90 Å². The Morgan fingerprint density at radius 3 is 2.31 bits per heavy atom. The fourth-order valence-corrected chi connectivity index (χ4v) is 4.69. The number of allylic oxidation sites excluding steroid dienone is 4. The first-order valence-corrected chi connectivity index (χ1v) is 11.7. The fraction of sp³-hybridized carbons (Fsp3) is 0.357. The molecule has 2 aromatic carbocycles. The van der Waals surface area contributed by atoms with Crippen molar-refractivity contribution in [2.45, 2.75) is 25.3 Å². The van der Waals surface area contributed by atoms with Crippen LogP contribution in [0.5, 0.6) is 0 Å². The van der Waals surface area contributed by atoms with Gasteiger partial charge in [0, 0.05) is 44.5 Å². The maximum atomic E-state index is 9.58. The van der Waals surface area contributed by atoms with Crippen LogP contribution in [0.1, 0.15) is 30.4 Å². The summed E-state index contributed by atoms with van der Waals surface area (Å²) < 4.78 is 0. The number of anilines is 1. The minimum atomic E-state index is 0.186. The van der Waals surface area contributed by atoms with Crippen LogP contribution in [0.3, 0.4) is 0 Å². The molecule has 4 heteroatoms. The highest BCUT2D eigenvalue weighted by Gasteiger charge is 2.23. The lowest BCUT2D eigenvalue weighted by Crippen LogP contribution is -2.48. The maximum Gasteiger partial charge on any atom is 0.0434 e. The Morgan fingerprint density at radius 2 is 1.69 bits per heavy atom. The van der Waals surface area contributed by atoms with Gasteiger partial charge in [0.1, 0.15) is 0 Å². The van der Waals surface area contributed by atoms with Crippen molar-refractivity contribution in [2.75, 3.05) is 45.6 Å². The number of piperazine rings is 1. The van der Waals surface area contributed by atoms with Gasteiger partial charge < -0.3 is 15.7 Å². The van der Waals surface area contributed by atoms with E-state index < -0.39 is 0 Å². The van der Waals surface area contributed by atoms with Crippen molar-refractivity contribution in [2.24, 2.45) is 0 Å². The monoisotopic (exact) mass is 429 g/mol. The average molecular weight is 430 g/mol. The molecule has 0 aromatic heterocycles. The minimum Gasteiger partial charge on any atom is -0.399 e. The minimum absolute atomic E-state index is 0.186. The molecule has 168 valence electrons. The number of likely N-dealkylation sites (N-methyl/N-ethyl adjacent to an activating group) is 1. The summed E-state index contributed by atoms with van der Waals surface area (Å²) in [4.78, 5) is 5.00. The number of aliphatic hydroxyl groups excluding tert-OH is 1. The molecular formula is C28H35N3O. The summed E-state index contributed by atoms with van der Waals surface area (Å²) in [6, 6.07) is 19.2. The molecular weight excluding hydrogens is 394 g/mol. The van der Waals surface area contributed by atoms with Crippen molar-refractivity contribution in [3.8, 4) is 0 Å². The summed E-state index contributed by atoms with van der Waals surface area (Å²) in [6.45, 7) is 4.71. The molecule has 2 aromatic rings. The first-order chi connectivity index (χ1) is 15.7. The largest absolute Gasteiger partial charge is 0.399 e. The third kappa shape index (κ3) is 5.39. The van der Waals surface area contributed by atoms with E-state index in [9.17, 15) is 5.11 Å². The molecule has 0 saturated carbocycles.